The van der Waals surface area contributed by atoms with Gasteiger partial charge in [-0.2, -0.15) is 5.10 Å². The van der Waals surface area contributed by atoms with Gasteiger partial charge in [-0.15, -0.1) is 10.2 Å². The van der Waals surface area contributed by atoms with E-state index in [0.29, 0.717) is 36.6 Å². The molecule has 0 aliphatic heterocycles. The van der Waals surface area contributed by atoms with Crippen molar-refractivity contribution in [2.45, 2.75) is 26.8 Å². The van der Waals surface area contributed by atoms with E-state index >= 15 is 0 Å². The van der Waals surface area contributed by atoms with Crippen molar-refractivity contribution in [3.8, 4) is 0 Å². The van der Waals surface area contributed by atoms with E-state index in [-0.39, 0.29) is 5.91 Å². The summed E-state index contributed by atoms with van der Waals surface area (Å²) >= 11 is 0. The number of nitrogen functional groups attached to an aromatic ring is 1. The topological polar surface area (TPSA) is 104 Å². The molecule has 2 aromatic rings. The Hall–Kier alpha value is -2.38. The second kappa shape index (κ2) is 5.72. The number of carbonyl (C=O) groups excluding carboxylic acids is 1. The predicted molar refractivity (Wildman–Crippen MR) is 74.1 cm³/mol. The first-order valence-electron chi connectivity index (χ1n) is 6.48. The van der Waals surface area contributed by atoms with Crippen molar-refractivity contribution in [2.24, 2.45) is 7.05 Å². The van der Waals surface area contributed by atoms with Crippen molar-refractivity contribution in [3.63, 3.8) is 0 Å². The summed E-state index contributed by atoms with van der Waals surface area (Å²) in [4.78, 5) is 12.2. The molecule has 3 N–H and O–H groups in total. The van der Waals surface area contributed by atoms with Gasteiger partial charge in [0.25, 0.3) is 5.91 Å². The maximum Gasteiger partial charge on any atom is 0.271 e. The lowest BCUT2D eigenvalue weighted by Gasteiger charge is -2.07. The number of hydrogen-bond donors (Lipinski definition) is 2. The molecule has 20 heavy (non-hydrogen) atoms. The normalized spacial score (nSPS) is 10.8. The first kappa shape index (κ1) is 14.0. The van der Waals surface area contributed by atoms with Crippen molar-refractivity contribution in [1.29, 1.82) is 0 Å². The summed E-state index contributed by atoms with van der Waals surface area (Å²) in [5, 5.41) is 14.8. The van der Waals surface area contributed by atoms with Crippen LogP contribution in [0.15, 0.2) is 6.33 Å². The Morgan fingerprint density at radius 1 is 1.50 bits per heavy atom. The molecular formula is C12H19N7O. The fourth-order valence-corrected chi connectivity index (χ4v) is 1.97. The Bertz CT molecular complexity index is 613. The fraction of sp³-hybridized carbons (Fsp3) is 0.500. The lowest BCUT2D eigenvalue weighted by Crippen LogP contribution is -2.29. The smallest absolute Gasteiger partial charge is 0.271 e. The second-order valence-electron chi connectivity index (χ2n) is 4.53. The molecule has 0 aliphatic rings. The van der Waals surface area contributed by atoms with Gasteiger partial charge in [0.05, 0.1) is 11.4 Å². The lowest BCUT2D eigenvalue weighted by molar-refractivity contribution is 0.0944. The average molecular weight is 277 g/mol. The molecule has 0 unspecified atom stereocenters. The number of nitrogens with one attached hydrogen (secondary N) is 1. The summed E-state index contributed by atoms with van der Waals surface area (Å²) in [6, 6.07) is 0. The Labute approximate surface area is 117 Å². The van der Waals surface area contributed by atoms with Crippen LogP contribution in [0.2, 0.25) is 0 Å². The van der Waals surface area contributed by atoms with E-state index in [1.165, 1.54) is 0 Å². The SMILES string of the molecule is CCn1nc(C)c(N)c1C(=O)NCCc1nncn1C. The molecule has 8 heteroatoms. The van der Waals surface area contributed by atoms with Crippen LogP contribution in [0, 0.1) is 6.92 Å². The van der Waals surface area contributed by atoms with Crippen molar-refractivity contribution < 1.29 is 4.79 Å². The molecule has 0 bridgehead atoms. The molecule has 2 rings (SSSR count). The minimum Gasteiger partial charge on any atom is -0.395 e. The molecule has 0 spiro atoms. The molecule has 1 amide bonds. The van der Waals surface area contributed by atoms with Gasteiger partial charge in [0, 0.05) is 26.6 Å². The number of nitrogens with two attached hydrogens (primary N) is 1. The van der Waals surface area contributed by atoms with Gasteiger partial charge < -0.3 is 15.6 Å². The van der Waals surface area contributed by atoms with Crippen LogP contribution in [-0.2, 0) is 20.0 Å². The van der Waals surface area contributed by atoms with Gasteiger partial charge in [0.2, 0.25) is 0 Å². The summed E-state index contributed by atoms with van der Waals surface area (Å²) in [5.41, 5.74) is 7.42. The van der Waals surface area contributed by atoms with Gasteiger partial charge in [-0.25, -0.2) is 0 Å². The average Bonchev–Trinajstić information content (AvgIpc) is 2.95. The maximum atomic E-state index is 12.2. The molecule has 0 saturated carbocycles. The highest BCUT2D eigenvalue weighted by Gasteiger charge is 2.18. The lowest BCUT2D eigenvalue weighted by atomic mass is 10.3. The molecule has 0 atom stereocenters. The van der Waals surface area contributed by atoms with E-state index in [1.54, 1.807) is 17.9 Å². The van der Waals surface area contributed by atoms with Gasteiger partial charge in [0.1, 0.15) is 17.8 Å². The Kier molecular flexibility index (Phi) is 4.02. The standard InChI is InChI=1S/C12H19N7O/c1-4-19-11(10(13)8(2)17-19)12(20)14-6-5-9-16-15-7-18(9)3/h7H,4-6,13H2,1-3H3,(H,14,20). The summed E-state index contributed by atoms with van der Waals surface area (Å²) in [6.07, 6.45) is 2.24. The van der Waals surface area contributed by atoms with E-state index in [2.05, 4.69) is 20.6 Å². The zero-order valence-corrected chi connectivity index (χ0v) is 11.9. The van der Waals surface area contributed by atoms with Gasteiger partial charge in [0.15, 0.2) is 0 Å². The van der Waals surface area contributed by atoms with Crippen LogP contribution in [0.1, 0.15) is 28.9 Å². The van der Waals surface area contributed by atoms with Crippen LogP contribution in [-0.4, -0.2) is 37.0 Å². The fourth-order valence-electron chi connectivity index (χ4n) is 1.97. The third-order valence-electron chi connectivity index (χ3n) is 3.13. The molecule has 2 heterocycles. The van der Waals surface area contributed by atoms with Gasteiger partial charge in [-0.1, -0.05) is 0 Å². The van der Waals surface area contributed by atoms with Crippen LogP contribution in [0.4, 0.5) is 5.69 Å². The van der Waals surface area contributed by atoms with E-state index in [4.69, 9.17) is 5.73 Å². The molecule has 0 aliphatic carbocycles. The summed E-state index contributed by atoms with van der Waals surface area (Å²) in [5.74, 6) is 0.602. The zero-order valence-electron chi connectivity index (χ0n) is 11.9. The zero-order chi connectivity index (χ0) is 14.7. The number of hydrogen-bond acceptors (Lipinski definition) is 5. The Morgan fingerprint density at radius 3 is 2.85 bits per heavy atom. The molecule has 0 fully saturated rings. The van der Waals surface area contributed by atoms with Crippen LogP contribution in [0.25, 0.3) is 0 Å². The molecule has 8 nitrogen and oxygen atoms in total. The van der Waals surface area contributed by atoms with E-state index in [0.717, 1.165) is 5.82 Å². The van der Waals surface area contributed by atoms with Crippen LogP contribution >= 0.6 is 0 Å². The third-order valence-corrected chi connectivity index (χ3v) is 3.13. The minimum atomic E-state index is -0.216. The Balaban J connectivity index is 2.00. The largest absolute Gasteiger partial charge is 0.395 e. The summed E-state index contributed by atoms with van der Waals surface area (Å²) in [7, 11) is 1.87. The van der Waals surface area contributed by atoms with Crippen LogP contribution < -0.4 is 11.1 Å². The van der Waals surface area contributed by atoms with Crippen LogP contribution in [0.3, 0.4) is 0 Å². The number of carbonyl (C=O) groups is 1. The highest BCUT2D eigenvalue weighted by molar-refractivity contribution is 5.97. The quantitative estimate of drug-likeness (QED) is 0.794. The van der Waals surface area contributed by atoms with Crippen molar-refractivity contribution in [3.05, 3.63) is 23.5 Å². The van der Waals surface area contributed by atoms with Gasteiger partial charge >= 0.3 is 0 Å². The molecule has 108 valence electrons. The first-order chi connectivity index (χ1) is 9.54. The van der Waals surface area contributed by atoms with Crippen molar-refractivity contribution in [1.82, 2.24) is 29.9 Å². The van der Waals surface area contributed by atoms with Gasteiger partial charge in [-0.3, -0.25) is 9.48 Å². The maximum absolute atomic E-state index is 12.2. The molecule has 2 aromatic heterocycles. The second-order valence-corrected chi connectivity index (χ2v) is 4.53. The third kappa shape index (κ3) is 2.63. The monoisotopic (exact) mass is 277 g/mol. The first-order valence-corrected chi connectivity index (χ1v) is 6.48. The minimum absolute atomic E-state index is 0.216. The number of anilines is 1. The number of nitrogens with zero attached hydrogens (tertiary/aromatic N) is 5. The van der Waals surface area contributed by atoms with Crippen molar-refractivity contribution in [2.75, 3.05) is 12.3 Å². The molecule has 0 radical (unpaired) electrons. The van der Waals surface area contributed by atoms with E-state index in [1.807, 2.05) is 18.5 Å². The van der Waals surface area contributed by atoms with Crippen LogP contribution in [0.5, 0.6) is 0 Å². The highest BCUT2D eigenvalue weighted by atomic mass is 16.2. The molecular weight excluding hydrogens is 258 g/mol. The number of aryl methyl sites for hydroxylation is 3. The number of aromatic nitrogens is 5. The Morgan fingerprint density at radius 2 is 2.25 bits per heavy atom. The molecule has 0 saturated heterocycles. The highest BCUT2D eigenvalue weighted by Crippen LogP contribution is 2.15. The number of rotatable bonds is 5. The number of amides is 1. The van der Waals surface area contributed by atoms with E-state index < -0.39 is 0 Å². The molecule has 0 aromatic carbocycles. The van der Waals surface area contributed by atoms with Crippen molar-refractivity contribution >= 4 is 11.6 Å². The summed E-state index contributed by atoms with van der Waals surface area (Å²) in [6.45, 7) is 4.78. The van der Waals surface area contributed by atoms with Gasteiger partial charge in [-0.05, 0) is 13.8 Å². The summed E-state index contributed by atoms with van der Waals surface area (Å²) < 4.78 is 3.43. The predicted octanol–water partition coefficient (Wildman–Crippen LogP) is -0.105. The van der Waals surface area contributed by atoms with E-state index in [9.17, 15) is 4.79 Å².